The van der Waals surface area contributed by atoms with E-state index in [9.17, 15) is 4.79 Å². The van der Waals surface area contributed by atoms with E-state index in [1.165, 1.54) is 25.8 Å². The summed E-state index contributed by atoms with van der Waals surface area (Å²) >= 11 is 0. The standard InChI is InChI=1S/C12H25N2O/c1-14(2,3)11-6-4-5-9-13-10-7-8-12(13)15/h4-11H2,1-3H3/q+1. The van der Waals surface area contributed by atoms with Crippen molar-refractivity contribution in [1.29, 1.82) is 0 Å². The molecule has 0 aromatic heterocycles. The molecule has 3 nitrogen and oxygen atoms in total. The van der Waals surface area contributed by atoms with Gasteiger partial charge in [-0.1, -0.05) is 0 Å². The van der Waals surface area contributed by atoms with Gasteiger partial charge in [0.05, 0.1) is 27.7 Å². The largest absolute Gasteiger partial charge is 0.343 e. The van der Waals surface area contributed by atoms with E-state index in [1.807, 2.05) is 4.90 Å². The Labute approximate surface area is 93.6 Å². The summed E-state index contributed by atoms with van der Waals surface area (Å²) in [6.07, 6.45) is 5.53. The molecule has 1 fully saturated rings. The van der Waals surface area contributed by atoms with Gasteiger partial charge in [-0.15, -0.1) is 0 Å². The summed E-state index contributed by atoms with van der Waals surface area (Å²) in [5.41, 5.74) is 0. The van der Waals surface area contributed by atoms with Crippen molar-refractivity contribution in [3.8, 4) is 0 Å². The number of amides is 1. The van der Waals surface area contributed by atoms with Crippen molar-refractivity contribution in [3.05, 3.63) is 0 Å². The highest BCUT2D eigenvalue weighted by molar-refractivity contribution is 5.77. The molecule has 0 saturated carbocycles. The molecule has 0 aromatic carbocycles. The van der Waals surface area contributed by atoms with E-state index in [0.29, 0.717) is 5.91 Å². The highest BCUT2D eigenvalue weighted by Gasteiger charge is 2.18. The molecule has 15 heavy (non-hydrogen) atoms. The third-order valence-electron chi connectivity index (χ3n) is 2.93. The summed E-state index contributed by atoms with van der Waals surface area (Å²) in [4.78, 5) is 13.3. The quantitative estimate of drug-likeness (QED) is 0.483. The second-order valence-electron chi connectivity index (χ2n) is 5.56. The van der Waals surface area contributed by atoms with Crippen molar-refractivity contribution in [1.82, 2.24) is 4.90 Å². The summed E-state index contributed by atoms with van der Waals surface area (Å²) in [7, 11) is 6.68. The van der Waals surface area contributed by atoms with Gasteiger partial charge in [0.2, 0.25) is 5.91 Å². The van der Waals surface area contributed by atoms with Crippen LogP contribution in [0.2, 0.25) is 0 Å². The number of nitrogens with zero attached hydrogens (tertiary/aromatic N) is 2. The van der Waals surface area contributed by atoms with Crippen LogP contribution in [0.15, 0.2) is 0 Å². The van der Waals surface area contributed by atoms with Gasteiger partial charge in [0.25, 0.3) is 0 Å². The molecule has 1 saturated heterocycles. The number of quaternary nitrogens is 1. The van der Waals surface area contributed by atoms with E-state index < -0.39 is 0 Å². The maximum atomic E-state index is 11.3. The monoisotopic (exact) mass is 213 g/mol. The fraction of sp³-hybridized carbons (Fsp3) is 0.917. The van der Waals surface area contributed by atoms with E-state index in [1.54, 1.807) is 0 Å². The lowest BCUT2D eigenvalue weighted by atomic mass is 10.2. The first-order valence-corrected chi connectivity index (χ1v) is 6.07. The van der Waals surface area contributed by atoms with Gasteiger partial charge in [0, 0.05) is 19.5 Å². The number of carbonyl (C=O) groups excluding carboxylic acids is 1. The van der Waals surface area contributed by atoms with Gasteiger partial charge in [-0.3, -0.25) is 4.79 Å². The van der Waals surface area contributed by atoms with Crippen molar-refractivity contribution >= 4 is 5.91 Å². The van der Waals surface area contributed by atoms with Crippen LogP contribution in [0.1, 0.15) is 32.1 Å². The minimum absolute atomic E-state index is 0.363. The topological polar surface area (TPSA) is 20.3 Å². The van der Waals surface area contributed by atoms with Crippen LogP contribution in [-0.2, 0) is 4.79 Å². The normalized spacial score (nSPS) is 17.5. The molecule has 1 aliphatic heterocycles. The molecule has 0 aromatic rings. The van der Waals surface area contributed by atoms with Crippen molar-refractivity contribution in [2.45, 2.75) is 32.1 Å². The number of rotatable bonds is 6. The third-order valence-corrected chi connectivity index (χ3v) is 2.93. The zero-order chi connectivity index (χ0) is 11.3. The maximum absolute atomic E-state index is 11.3. The average Bonchev–Trinajstić information content (AvgIpc) is 2.49. The Hall–Kier alpha value is -0.570. The van der Waals surface area contributed by atoms with Gasteiger partial charge in [-0.2, -0.15) is 0 Å². The van der Waals surface area contributed by atoms with Crippen LogP contribution in [0.4, 0.5) is 0 Å². The zero-order valence-corrected chi connectivity index (χ0v) is 10.5. The van der Waals surface area contributed by atoms with Crippen LogP contribution < -0.4 is 0 Å². The Morgan fingerprint density at radius 2 is 1.93 bits per heavy atom. The van der Waals surface area contributed by atoms with Crippen LogP contribution in [0, 0.1) is 0 Å². The first kappa shape index (κ1) is 12.5. The summed E-state index contributed by atoms with van der Waals surface area (Å²) in [6, 6.07) is 0. The lowest BCUT2D eigenvalue weighted by Gasteiger charge is -2.24. The molecule has 0 unspecified atom stereocenters. The first-order valence-electron chi connectivity index (χ1n) is 6.07. The summed E-state index contributed by atoms with van der Waals surface area (Å²) < 4.78 is 1.04. The number of hydrogen-bond acceptors (Lipinski definition) is 1. The van der Waals surface area contributed by atoms with Crippen molar-refractivity contribution in [3.63, 3.8) is 0 Å². The molecular weight excluding hydrogens is 188 g/mol. The third kappa shape index (κ3) is 5.17. The molecule has 0 aliphatic carbocycles. The van der Waals surface area contributed by atoms with E-state index in [4.69, 9.17) is 0 Å². The van der Waals surface area contributed by atoms with E-state index >= 15 is 0 Å². The van der Waals surface area contributed by atoms with Gasteiger partial charge < -0.3 is 9.38 Å². The average molecular weight is 213 g/mol. The van der Waals surface area contributed by atoms with Gasteiger partial charge in [0.15, 0.2) is 0 Å². The van der Waals surface area contributed by atoms with Crippen LogP contribution >= 0.6 is 0 Å². The predicted octanol–water partition coefficient (Wildman–Crippen LogP) is 1.49. The van der Waals surface area contributed by atoms with Crippen molar-refractivity contribution in [2.75, 3.05) is 40.8 Å². The highest BCUT2D eigenvalue weighted by atomic mass is 16.2. The smallest absolute Gasteiger partial charge is 0.222 e. The first-order chi connectivity index (χ1) is 6.99. The number of likely N-dealkylation sites (tertiary alicyclic amines) is 1. The van der Waals surface area contributed by atoms with E-state index in [-0.39, 0.29) is 0 Å². The summed E-state index contributed by atoms with van der Waals surface area (Å²) in [5, 5.41) is 0. The molecule has 1 amide bonds. The Morgan fingerprint density at radius 3 is 2.47 bits per heavy atom. The second kappa shape index (κ2) is 5.50. The molecule has 1 rings (SSSR count). The lowest BCUT2D eigenvalue weighted by molar-refractivity contribution is -0.870. The SMILES string of the molecule is C[N+](C)(C)CCCCCN1CCCC1=O. The van der Waals surface area contributed by atoms with E-state index in [0.717, 1.165) is 30.4 Å². The number of carbonyl (C=O) groups is 1. The molecule has 0 spiro atoms. The molecule has 1 heterocycles. The minimum Gasteiger partial charge on any atom is -0.343 e. The van der Waals surface area contributed by atoms with Crippen molar-refractivity contribution < 1.29 is 9.28 Å². The summed E-state index contributed by atoms with van der Waals surface area (Å²) in [6.45, 7) is 3.21. The van der Waals surface area contributed by atoms with Crippen LogP contribution in [0.3, 0.4) is 0 Å². The Balaban J connectivity index is 2.00. The van der Waals surface area contributed by atoms with Gasteiger partial charge in [0.1, 0.15) is 0 Å². The van der Waals surface area contributed by atoms with Crippen LogP contribution in [-0.4, -0.2) is 56.1 Å². The molecule has 0 N–H and O–H groups in total. The zero-order valence-electron chi connectivity index (χ0n) is 10.5. The van der Waals surface area contributed by atoms with Gasteiger partial charge in [-0.25, -0.2) is 0 Å². The Bertz CT molecular complexity index is 208. The Kier molecular flexibility index (Phi) is 4.58. The predicted molar refractivity (Wildman–Crippen MR) is 62.6 cm³/mol. The second-order valence-corrected chi connectivity index (χ2v) is 5.56. The van der Waals surface area contributed by atoms with Crippen LogP contribution in [0.5, 0.6) is 0 Å². The van der Waals surface area contributed by atoms with Crippen LogP contribution in [0.25, 0.3) is 0 Å². The highest BCUT2D eigenvalue weighted by Crippen LogP contribution is 2.11. The molecule has 0 radical (unpaired) electrons. The maximum Gasteiger partial charge on any atom is 0.222 e. The molecule has 88 valence electrons. The fourth-order valence-corrected chi connectivity index (χ4v) is 2.01. The molecular formula is C12H25N2O+. The molecule has 3 heteroatoms. The van der Waals surface area contributed by atoms with E-state index in [2.05, 4.69) is 21.1 Å². The fourth-order valence-electron chi connectivity index (χ4n) is 2.01. The molecule has 0 bridgehead atoms. The summed E-state index contributed by atoms with van der Waals surface area (Å²) in [5.74, 6) is 0.363. The molecule has 1 aliphatic rings. The number of unbranched alkanes of at least 4 members (excludes halogenated alkanes) is 2. The lowest BCUT2D eigenvalue weighted by Crippen LogP contribution is -2.35. The van der Waals surface area contributed by atoms with Gasteiger partial charge >= 0.3 is 0 Å². The van der Waals surface area contributed by atoms with Crippen molar-refractivity contribution in [2.24, 2.45) is 0 Å². The molecule has 0 atom stereocenters. The Morgan fingerprint density at radius 1 is 1.20 bits per heavy atom. The minimum atomic E-state index is 0.363. The number of hydrogen-bond donors (Lipinski definition) is 0. The van der Waals surface area contributed by atoms with Gasteiger partial charge in [-0.05, 0) is 25.7 Å².